The minimum absolute atomic E-state index is 0. The van der Waals surface area contributed by atoms with E-state index >= 15 is 0 Å². The van der Waals surface area contributed by atoms with Crippen LogP contribution < -0.4 is 0 Å². The van der Waals surface area contributed by atoms with E-state index in [9.17, 15) is 9.18 Å². The molecule has 0 N–H and O–H groups in total. The van der Waals surface area contributed by atoms with Crippen molar-refractivity contribution in [3.63, 3.8) is 0 Å². The molecule has 3 aromatic rings. The van der Waals surface area contributed by atoms with E-state index in [1.807, 2.05) is 24.3 Å². The fraction of sp³-hybridized carbons (Fsp3) is 0.304. The van der Waals surface area contributed by atoms with E-state index in [0.717, 1.165) is 60.4 Å². The summed E-state index contributed by atoms with van der Waals surface area (Å²) in [4.78, 5) is 16.8. The van der Waals surface area contributed by atoms with Gasteiger partial charge in [-0.3, -0.25) is 4.79 Å². The number of benzene rings is 2. The highest BCUT2D eigenvalue weighted by atomic mass is 35.5. The number of halogens is 2. The molecular formula is C23H23ClFN3O2. The molecule has 0 aliphatic carbocycles. The number of amides is 1. The SMILES string of the molecule is C=C1c2ccccc2C(=O)N1CCN1CCC(c2noc3cc(F)ccc23)CC1.Cl. The van der Waals surface area contributed by atoms with Crippen LogP contribution in [0.25, 0.3) is 16.7 Å². The maximum Gasteiger partial charge on any atom is 0.258 e. The highest BCUT2D eigenvalue weighted by Gasteiger charge is 2.31. The predicted octanol–water partition coefficient (Wildman–Crippen LogP) is 4.69. The summed E-state index contributed by atoms with van der Waals surface area (Å²) in [6.45, 7) is 7.44. The van der Waals surface area contributed by atoms with Crippen LogP contribution in [-0.2, 0) is 0 Å². The smallest absolute Gasteiger partial charge is 0.258 e. The number of piperidine rings is 1. The summed E-state index contributed by atoms with van der Waals surface area (Å²) in [6, 6.07) is 12.2. The number of nitrogens with zero attached hydrogens (tertiary/aromatic N) is 3. The number of carbonyl (C=O) groups is 1. The molecule has 5 nitrogen and oxygen atoms in total. The van der Waals surface area contributed by atoms with Gasteiger partial charge in [0.25, 0.3) is 5.91 Å². The third-order valence-electron chi connectivity index (χ3n) is 6.12. The van der Waals surface area contributed by atoms with E-state index in [4.69, 9.17) is 4.52 Å². The quantitative estimate of drug-likeness (QED) is 0.605. The molecule has 0 atom stereocenters. The second kappa shape index (κ2) is 8.20. The zero-order chi connectivity index (χ0) is 20.0. The number of rotatable bonds is 4. The summed E-state index contributed by atoms with van der Waals surface area (Å²) in [6.07, 6.45) is 1.93. The van der Waals surface area contributed by atoms with Crippen LogP contribution in [0.15, 0.2) is 53.6 Å². The molecule has 30 heavy (non-hydrogen) atoms. The van der Waals surface area contributed by atoms with Gasteiger partial charge in [0.2, 0.25) is 0 Å². The molecule has 0 bridgehead atoms. The second-order valence-corrected chi connectivity index (χ2v) is 7.77. The first-order chi connectivity index (χ1) is 14.1. The van der Waals surface area contributed by atoms with Gasteiger partial charge < -0.3 is 14.3 Å². The van der Waals surface area contributed by atoms with Crippen molar-refractivity contribution in [2.24, 2.45) is 0 Å². The average molecular weight is 428 g/mol. The molecule has 7 heteroatoms. The summed E-state index contributed by atoms with van der Waals surface area (Å²) in [5.41, 5.74) is 3.91. The molecule has 1 aromatic heterocycles. The Labute approximate surface area is 180 Å². The predicted molar refractivity (Wildman–Crippen MR) is 116 cm³/mol. The highest BCUT2D eigenvalue weighted by Crippen LogP contribution is 2.34. The van der Waals surface area contributed by atoms with Gasteiger partial charge in [0.05, 0.1) is 5.69 Å². The van der Waals surface area contributed by atoms with Gasteiger partial charge in [0, 0.05) is 47.3 Å². The Bertz CT molecular complexity index is 1070. The normalized spacial score (nSPS) is 17.4. The van der Waals surface area contributed by atoms with E-state index in [1.54, 1.807) is 11.0 Å². The van der Waals surface area contributed by atoms with Crippen LogP contribution in [0, 0.1) is 5.82 Å². The van der Waals surface area contributed by atoms with Crippen molar-refractivity contribution in [2.75, 3.05) is 26.2 Å². The van der Waals surface area contributed by atoms with Crippen molar-refractivity contribution in [3.8, 4) is 0 Å². The Morgan fingerprint density at radius 2 is 1.83 bits per heavy atom. The molecule has 2 aliphatic heterocycles. The summed E-state index contributed by atoms with van der Waals surface area (Å²) in [7, 11) is 0. The first-order valence-electron chi connectivity index (χ1n) is 9.99. The van der Waals surface area contributed by atoms with Gasteiger partial charge >= 0.3 is 0 Å². The van der Waals surface area contributed by atoms with Gasteiger partial charge in [-0.1, -0.05) is 29.9 Å². The zero-order valence-corrected chi connectivity index (χ0v) is 17.3. The topological polar surface area (TPSA) is 49.6 Å². The van der Waals surface area contributed by atoms with Crippen molar-refractivity contribution >= 4 is 35.0 Å². The molecule has 0 unspecified atom stereocenters. The van der Waals surface area contributed by atoms with E-state index < -0.39 is 0 Å². The number of fused-ring (bicyclic) bond motifs is 2. The highest BCUT2D eigenvalue weighted by molar-refractivity contribution is 6.08. The number of hydrogen-bond donors (Lipinski definition) is 0. The van der Waals surface area contributed by atoms with Crippen LogP contribution >= 0.6 is 12.4 Å². The van der Waals surface area contributed by atoms with Crippen LogP contribution in [0.1, 0.15) is 40.4 Å². The molecule has 0 saturated carbocycles. The maximum absolute atomic E-state index is 13.4. The lowest BCUT2D eigenvalue weighted by Crippen LogP contribution is -2.39. The first kappa shape index (κ1) is 20.6. The minimum Gasteiger partial charge on any atom is -0.356 e. The minimum atomic E-state index is -0.310. The fourth-order valence-corrected chi connectivity index (χ4v) is 4.47. The van der Waals surface area contributed by atoms with E-state index in [1.165, 1.54) is 12.1 Å². The summed E-state index contributed by atoms with van der Waals surface area (Å²) >= 11 is 0. The van der Waals surface area contributed by atoms with Gasteiger partial charge in [-0.25, -0.2) is 4.39 Å². The molecule has 156 valence electrons. The standard InChI is InChI=1S/C23H22FN3O2.ClH/c1-15-18-4-2-3-5-19(18)23(28)27(15)13-12-26-10-8-16(9-11-26)22-20-7-6-17(24)14-21(20)29-25-22;/h2-7,14,16H,1,8-13H2;1H. The summed E-state index contributed by atoms with van der Waals surface area (Å²) in [5, 5.41) is 5.12. The van der Waals surface area contributed by atoms with Crippen molar-refractivity contribution in [2.45, 2.75) is 18.8 Å². The lowest BCUT2D eigenvalue weighted by molar-refractivity contribution is 0.0831. The monoisotopic (exact) mass is 427 g/mol. The van der Waals surface area contributed by atoms with Crippen molar-refractivity contribution in [3.05, 3.63) is 71.7 Å². The summed E-state index contributed by atoms with van der Waals surface area (Å²) in [5.74, 6) is 0.0441. The van der Waals surface area contributed by atoms with Gasteiger partial charge in [0.1, 0.15) is 5.82 Å². The van der Waals surface area contributed by atoms with E-state index in [2.05, 4.69) is 16.6 Å². The molecular weight excluding hydrogens is 405 g/mol. The van der Waals surface area contributed by atoms with Crippen LogP contribution in [0.4, 0.5) is 4.39 Å². The molecule has 2 aliphatic rings. The van der Waals surface area contributed by atoms with Crippen molar-refractivity contribution < 1.29 is 13.7 Å². The van der Waals surface area contributed by atoms with E-state index in [0.29, 0.717) is 18.0 Å². The Morgan fingerprint density at radius 3 is 2.57 bits per heavy atom. The first-order valence-corrected chi connectivity index (χ1v) is 9.99. The zero-order valence-electron chi connectivity index (χ0n) is 16.5. The largest absolute Gasteiger partial charge is 0.356 e. The van der Waals surface area contributed by atoms with E-state index in [-0.39, 0.29) is 24.1 Å². The lowest BCUT2D eigenvalue weighted by atomic mass is 9.91. The molecule has 2 aromatic carbocycles. The molecule has 1 saturated heterocycles. The average Bonchev–Trinajstić information content (AvgIpc) is 3.26. The Morgan fingerprint density at radius 1 is 1.10 bits per heavy atom. The number of hydrogen-bond acceptors (Lipinski definition) is 4. The fourth-order valence-electron chi connectivity index (χ4n) is 4.47. The number of likely N-dealkylation sites (tertiary alicyclic amines) is 1. The molecule has 3 heterocycles. The maximum atomic E-state index is 13.4. The molecule has 1 fully saturated rings. The number of carbonyl (C=O) groups excluding carboxylic acids is 1. The van der Waals surface area contributed by atoms with Crippen molar-refractivity contribution in [1.29, 1.82) is 0 Å². The third kappa shape index (κ3) is 3.50. The van der Waals surface area contributed by atoms with Gasteiger partial charge in [-0.15, -0.1) is 12.4 Å². The van der Waals surface area contributed by atoms with Crippen LogP contribution in [-0.4, -0.2) is 47.0 Å². The van der Waals surface area contributed by atoms with Gasteiger partial charge in [-0.2, -0.15) is 0 Å². The Kier molecular flexibility index (Phi) is 5.62. The van der Waals surface area contributed by atoms with Gasteiger partial charge in [0.15, 0.2) is 5.58 Å². The molecule has 5 rings (SSSR count). The number of aromatic nitrogens is 1. The van der Waals surface area contributed by atoms with Crippen molar-refractivity contribution in [1.82, 2.24) is 15.0 Å². The van der Waals surface area contributed by atoms with Crippen LogP contribution in [0.5, 0.6) is 0 Å². The second-order valence-electron chi connectivity index (χ2n) is 7.77. The van der Waals surface area contributed by atoms with Crippen LogP contribution in [0.2, 0.25) is 0 Å². The van der Waals surface area contributed by atoms with Gasteiger partial charge in [-0.05, 0) is 44.1 Å². The van der Waals surface area contributed by atoms with Crippen LogP contribution in [0.3, 0.4) is 0 Å². The molecule has 1 amide bonds. The Balaban J connectivity index is 0.00000218. The lowest BCUT2D eigenvalue weighted by Gasteiger charge is -2.32. The third-order valence-corrected chi connectivity index (χ3v) is 6.12. The summed E-state index contributed by atoms with van der Waals surface area (Å²) < 4.78 is 18.7. The molecule has 0 radical (unpaired) electrons. The Hall–Kier alpha value is -2.70. The molecule has 0 spiro atoms.